The van der Waals surface area contributed by atoms with Crippen molar-refractivity contribution in [3.8, 4) is 11.5 Å². The van der Waals surface area contributed by atoms with E-state index in [1.54, 1.807) is 6.20 Å². The van der Waals surface area contributed by atoms with Gasteiger partial charge < -0.3 is 25.0 Å². The monoisotopic (exact) mass is 392 g/mol. The van der Waals surface area contributed by atoms with Crippen molar-refractivity contribution in [3.05, 3.63) is 48.2 Å². The molecule has 4 rings (SSSR count). The fourth-order valence-corrected chi connectivity index (χ4v) is 3.23. The summed E-state index contributed by atoms with van der Waals surface area (Å²) in [5, 5.41) is 14.6. The molecule has 0 saturated carbocycles. The smallest absolute Gasteiger partial charge is 0.249 e. The highest BCUT2D eigenvalue weighted by atomic mass is 16.7. The van der Waals surface area contributed by atoms with Gasteiger partial charge in [-0.15, -0.1) is 5.10 Å². The van der Waals surface area contributed by atoms with Gasteiger partial charge in [0.15, 0.2) is 17.3 Å². The van der Waals surface area contributed by atoms with E-state index in [-0.39, 0.29) is 6.79 Å². The summed E-state index contributed by atoms with van der Waals surface area (Å²) < 4.78 is 10.7. The van der Waals surface area contributed by atoms with Gasteiger partial charge in [-0.05, 0) is 56.7 Å². The lowest BCUT2D eigenvalue weighted by molar-refractivity contribution is 0.174. The van der Waals surface area contributed by atoms with Gasteiger partial charge in [-0.25, -0.2) is 0 Å². The molecule has 8 nitrogen and oxygen atoms in total. The van der Waals surface area contributed by atoms with Crippen LogP contribution in [0.25, 0.3) is 0 Å². The van der Waals surface area contributed by atoms with E-state index in [1.165, 1.54) is 5.69 Å². The molecule has 2 aromatic carbocycles. The number of fused-ring (bicyclic) bond motifs is 1. The Morgan fingerprint density at radius 1 is 1.00 bits per heavy atom. The Labute approximate surface area is 169 Å². The fourth-order valence-electron chi connectivity index (χ4n) is 3.23. The van der Waals surface area contributed by atoms with Crippen LogP contribution in [-0.4, -0.2) is 35.1 Å². The van der Waals surface area contributed by atoms with Crippen LogP contribution in [0.15, 0.2) is 42.6 Å². The summed E-state index contributed by atoms with van der Waals surface area (Å²) in [6.45, 7) is 8.59. The zero-order chi connectivity index (χ0) is 20.2. The minimum absolute atomic E-state index is 0.239. The minimum Gasteiger partial charge on any atom is -0.454 e. The summed E-state index contributed by atoms with van der Waals surface area (Å²) in [5.41, 5.74) is 4.13. The summed E-state index contributed by atoms with van der Waals surface area (Å²) in [6.07, 6.45) is 1.60. The lowest BCUT2D eigenvalue weighted by atomic mass is 10.1. The molecule has 1 aliphatic rings. The lowest BCUT2D eigenvalue weighted by Gasteiger charge is -2.22. The second-order valence-electron chi connectivity index (χ2n) is 6.65. The molecule has 2 N–H and O–H groups in total. The summed E-state index contributed by atoms with van der Waals surface area (Å²) in [6, 6.07) is 11.9. The van der Waals surface area contributed by atoms with E-state index in [9.17, 15) is 0 Å². The molecule has 2 heterocycles. The highest BCUT2D eigenvalue weighted by molar-refractivity contribution is 5.66. The lowest BCUT2D eigenvalue weighted by Crippen LogP contribution is -2.21. The second-order valence-corrected chi connectivity index (χ2v) is 6.65. The summed E-state index contributed by atoms with van der Waals surface area (Å²) in [7, 11) is 0. The molecule has 3 aromatic rings. The highest BCUT2D eigenvalue weighted by Gasteiger charge is 2.14. The normalized spacial score (nSPS) is 12.0. The van der Waals surface area contributed by atoms with Crippen molar-refractivity contribution in [3.63, 3.8) is 0 Å². The van der Waals surface area contributed by atoms with E-state index in [2.05, 4.69) is 69.7 Å². The van der Waals surface area contributed by atoms with E-state index in [1.807, 2.05) is 18.2 Å². The van der Waals surface area contributed by atoms with Gasteiger partial charge in [0.25, 0.3) is 0 Å². The van der Waals surface area contributed by atoms with Crippen LogP contribution < -0.4 is 25.0 Å². The number of hydrogen-bond donors (Lipinski definition) is 2. The highest BCUT2D eigenvalue weighted by Crippen LogP contribution is 2.34. The third kappa shape index (κ3) is 4.16. The number of benzene rings is 2. The SMILES string of the molecule is CCN(CC)c1ccc(Nc2cnnc(Nc3ccc4c(c3)OCO4)n2)c(C)c1. The Bertz CT molecular complexity index is 1010. The van der Waals surface area contributed by atoms with Gasteiger partial charge in [-0.1, -0.05) is 0 Å². The maximum atomic E-state index is 5.40. The van der Waals surface area contributed by atoms with E-state index in [0.717, 1.165) is 35.8 Å². The molecule has 150 valence electrons. The summed E-state index contributed by atoms with van der Waals surface area (Å²) in [4.78, 5) is 6.83. The van der Waals surface area contributed by atoms with Crippen LogP contribution in [0.1, 0.15) is 19.4 Å². The zero-order valence-electron chi connectivity index (χ0n) is 16.8. The molecule has 0 radical (unpaired) electrons. The average molecular weight is 392 g/mol. The third-order valence-electron chi connectivity index (χ3n) is 4.79. The van der Waals surface area contributed by atoms with Crippen molar-refractivity contribution >= 4 is 28.8 Å². The topological polar surface area (TPSA) is 84.4 Å². The largest absolute Gasteiger partial charge is 0.454 e. The van der Waals surface area contributed by atoms with Gasteiger partial charge in [0, 0.05) is 36.2 Å². The number of anilines is 5. The van der Waals surface area contributed by atoms with E-state index in [4.69, 9.17) is 9.47 Å². The van der Waals surface area contributed by atoms with Crippen molar-refractivity contribution in [2.24, 2.45) is 0 Å². The van der Waals surface area contributed by atoms with Gasteiger partial charge >= 0.3 is 0 Å². The molecule has 0 fully saturated rings. The predicted molar refractivity (Wildman–Crippen MR) is 114 cm³/mol. The second kappa shape index (κ2) is 8.22. The Hall–Kier alpha value is -3.55. The molecular formula is C21H24N6O2. The first kappa shape index (κ1) is 18.8. The summed E-state index contributed by atoms with van der Waals surface area (Å²) >= 11 is 0. The molecular weight excluding hydrogens is 368 g/mol. The van der Waals surface area contributed by atoms with Gasteiger partial charge in [0.05, 0.1) is 6.20 Å². The Morgan fingerprint density at radius 3 is 2.62 bits per heavy atom. The molecule has 0 bridgehead atoms. The molecule has 29 heavy (non-hydrogen) atoms. The van der Waals surface area contributed by atoms with Crippen molar-refractivity contribution < 1.29 is 9.47 Å². The third-order valence-corrected chi connectivity index (χ3v) is 4.79. The van der Waals surface area contributed by atoms with Crippen LogP contribution in [0.5, 0.6) is 11.5 Å². The van der Waals surface area contributed by atoms with Gasteiger partial charge in [-0.2, -0.15) is 10.1 Å². The number of aryl methyl sites for hydroxylation is 1. The van der Waals surface area contributed by atoms with Crippen LogP contribution in [0.4, 0.5) is 28.8 Å². The van der Waals surface area contributed by atoms with Crippen LogP contribution >= 0.6 is 0 Å². The van der Waals surface area contributed by atoms with E-state index >= 15 is 0 Å². The number of ether oxygens (including phenoxy) is 2. The van der Waals surface area contributed by atoms with Crippen LogP contribution in [0, 0.1) is 6.92 Å². The van der Waals surface area contributed by atoms with Crippen molar-refractivity contribution in [2.45, 2.75) is 20.8 Å². The predicted octanol–water partition coefficient (Wildman–Crippen LogP) is 4.24. The molecule has 0 saturated heterocycles. The minimum atomic E-state index is 0.239. The number of rotatable bonds is 7. The van der Waals surface area contributed by atoms with Gasteiger partial charge in [-0.3, -0.25) is 0 Å². The summed E-state index contributed by atoms with van der Waals surface area (Å²) in [5.74, 6) is 2.43. The first-order chi connectivity index (χ1) is 14.2. The maximum absolute atomic E-state index is 5.40. The quantitative estimate of drug-likeness (QED) is 0.618. The van der Waals surface area contributed by atoms with Crippen LogP contribution in [-0.2, 0) is 0 Å². The zero-order valence-corrected chi connectivity index (χ0v) is 16.8. The molecule has 1 aliphatic heterocycles. The fraction of sp³-hybridized carbons (Fsp3) is 0.286. The first-order valence-corrected chi connectivity index (χ1v) is 9.65. The van der Waals surface area contributed by atoms with Gasteiger partial charge in [0.2, 0.25) is 12.7 Å². The number of nitrogens with one attached hydrogen (secondary N) is 2. The van der Waals surface area contributed by atoms with Gasteiger partial charge in [0.1, 0.15) is 0 Å². The molecule has 1 aromatic heterocycles. The first-order valence-electron chi connectivity index (χ1n) is 9.65. The molecule has 0 atom stereocenters. The molecule has 0 aliphatic carbocycles. The van der Waals surface area contributed by atoms with Crippen molar-refractivity contribution in [1.82, 2.24) is 15.2 Å². The molecule has 0 unspecified atom stereocenters. The van der Waals surface area contributed by atoms with Crippen molar-refractivity contribution in [1.29, 1.82) is 0 Å². The van der Waals surface area contributed by atoms with E-state index < -0.39 is 0 Å². The van der Waals surface area contributed by atoms with Crippen LogP contribution in [0.3, 0.4) is 0 Å². The Morgan fingerprint density at radius 2 is 1.83 bits per heavy atom. The standard InChI is InChI=1S/C21H24N6O2/c1-4-27(5-2)16-7-8-17(14(3)10-16)24-20-12-22-26-21(25-20)23-15-6-9-18-19(11-15)29-13-28-18/h6-12H,4-5,13H2,1-3H3,(H2,23,24,25,26). The Balaban J connectivity index is 1.49. The molecule has 8 heteroatoms. The van der Waals surface area contributed by atoms with E-state index in [0.29, 0.717) is 17.5 Å². The molecule has 0 spiro atoms. The average Bonchev–Trinajstić information content (AvgIpc) is 3.19. The maximum Gasteiger partial charge on any atom is 0.249 e. The Kier molecular flexibility index (Phi) is 5.33. The number of nitrogens with zero attached hydrogens (tertiary/aromatic N) is 4. The van der Waals surface area contributed by atoms with Crippen molar-refractivity contribution in [2.75, 3.05) is 35.4 Å². The molecule has 0 amide bonds. The number of aromatic nitrogens is 3. The van der Waals surface area contributed by atoms with Crippen LogP contribution in [0.2, 0.25) is 0 Å². The number of hydrogen-bond acceptors (Lipinski definition) is 8.